The molecule has 0 aliphatic heterocycles. The highest BCUT2D eigenvalue weighted by Gasteiger charge is 2.11. The molecule has 3 N–H and O–H groups in total. The van der Waals surface area contributed by atoms with Gasteiger partial charge >= 0.3 is 0 Å². The van der Waals surface area contributed by atoms with Gasteiger partial charge in [0.25, 0.3) is 6.01 Å². The molecule has 0 atom stereocenters. The third-order valence-corrected chi connectivity index (χ3v) is 5.29. The number of nitrogens with one attached hydrogen (secondary N) is 1. The van der Waals surface area contributed by atoms with Gasteiger partial charge in [0.15, 0.2) is 5.58 Å². The van der Waals surface area contributed by atoms with Crippen LogP contribution in [0.4, 0.5) is 17.4 Å². The number of ether oxygens (including phenoxy) is 1. The first-order chi connectivity index (χ1) is 16.6. The molecule has 2 heterocycles. The Bertz CT molecular complexity index is 1570. The number of carbonyl (C=O) groups excluding carboxylic acids is 1. The zero-order valence-electron chi connectivity index (χ0n) is 18.4. The molecule has 5 aromatic rings. The zero-order valence-corrected chi connectivity index (χ0v) is 18.4. The van der Waals surface area contributed by atoms with Crippen LogP contribution in [0.25, 0.3) is 33.4 Å². The van der Waals surface area contributed by atoms with Crippen molar-refractivity contribution >= 4 is 45.4 Å². The van der Waals surface area contributed by atoms with Crippen LogP contribution in [0.3, 0.4) is 0 Å². The lowest BCUT2D eigenvalue weighted by Crippen LogP contribution is -2.14. The highest BCUT2D eigenvalue weighted by Crippen LogP contribution is 2.28. The summed E-state index contributed by atoms with van der Waals surface area (Å²) in [6.45, 7) is 0.348. The standard InChI is InChI=1S/C26H22N4O4/c1-32-13-12-25(31)29-19-8-4-3-7-18(19)28-21-15-23(33-22-9-5-2-6-17(21)22)16-10-11-20-24(14-16)34-26(27)30-20/h2-11,14-15H,12-13H2,1H3,(H2,27,30)(H,29,31). The van der Waals surface area contributed by atoms with E-state index in [0.717, 1.165) is 10.9 Å². The SMILES string of the molecule is COCCC(=O)Nc1ccccc1N=c1cc(-c2ccc3nc(N)oc3c2)oc2ccccc12. The van der Waals surface area contributed by atoms with Gasteiger partial charge in [0.2, 0.25) is 5.91 Å². The number of hydrogen-bond donors (Lipinski definition) is 2. The van der Waals surface area contributed by atoms with Crippen LogP contribution in [-0.2, 0) is 9.53 Å². The Morgan fingerprint density at radius 2 is 1.85 bits per heavy atom. The Morgan fingerprint density at radius 1 is 1.03 bits per heavy atom. The van der Waals surface area contributed by atoms with Crippen LogP contribution in [0, 0.1) is 0 Å². The molecule has 3 aromatic carbocycles. The molecule has 2 aromatic heterocycles. The van der Waals surface area contributed by atoms with Crippen LogP contribution in [0.2, 0.25) is 0 Å². The average Bonchev–Trinajstić information content (AvgIpc) is 3.23. The molecule has 34 heavy (non-hydrogen) atoms. The predicted molar refractivity (Wildman–Crippen MR) is 130 cm³/mol. The van der Waals surface area contributed by atoms with Crippen LogP contribution < -0.4 is 16.4 Å². The summed E-state index contributed by atoms with van der Waals surface area (Å²) in [7, 11) is 1.56. The minimum atomic E-state index is -0.141. The molecule has 0 fully saturated rings. The van der Waals surface area contributed by atoms with Gasteiger partial charge in [-0.2, -0.15) is 4.98 Å². The average molecular weight is 454 g/mol. The third-order valence-electron chi connectivity index (χ3n) is 5.29. The van der Waals surface area contributed by atoms with Gasteiger partial charge in [-0.05, 0) is 42.5 Å². The summed E-state index contributed by atoms with van der Waals surface area (Å²) in [5, 5.41) is 4.46. The van der Waals surface area contributed by atoms with Crippen molar-refractivity contribution in [3.63, 3.8) is 0 Å². The van der Waals surface area contributed by atoms with Crippen LogP contribution >= 0.6 is 0 Å². The quantitative estimate of drug-likeness (QED) is 0.372. The van der Waals surface area contributed by atoms with E-state index in [4.69, 9.17) is 24.3 Å². The summed E-state index contributed by atoms with van der Waals surface area (Å²) < 4.78 is 16.7. The van der Waals surface area contributed by atoms with Crippen molar-refractivity contribution in [2.45, 2.75) is 6.42 Å². The maximum absolute atomic E-state index is 12.3. The molecule has 0 saturated heterocycles. The number of nitrogens with two attached hydrogens (primary N) is 1. The second kappa shape index (κ2) is 9.21. The van der Waals surface area contributed by atoms with E-state index in [9.17, 15) is 4.79 Å². The largest absolute Gasteiger partial charge is 0.456 e. The number of carbonyl (C=O) groups is 1. The summed E-state index contributed by atoms with van der Waals surface area (Å²) in [4.78, 5) is 21.3. The van der Waals surface area contributed by atoms with E-state index in [1.165, 1.54) is 0 Å². The van der Waals surface area contributed by atoms with Crippen LogP contribution in [-0.4, -0.2) is 24.6 Å². The topological polar surface area (TPSA) is 116 Å². The van der Waals surface area contributed by atoms with Gasteiger partial charge in [-0.3, -0.25) is 4.79 Å². The van der Waals surface area contributed by atoms with E-state index < -0.39 is 0 Å². The Kier molecular flexibility index (Phi) is 5.80. The minimum absolute atomic E-state index is 0.113. The number of methoxy groups -OCH3 is 1. The Hall–Kier alpha value is -4.43. The molecule has 0 unspecified atom stereocenters. The van der Waals surface area contributed by atoms with E-state index in [1.54, 1.807) is 7.11 Å². The normalized spacial score (nSPS) is 11.9. The van der Waals surface area contributed by atoms with E-state index in [0.29, 0.717) is 45.8 Å². The number of anilines is 2. The van der Waals surface area contributed by atoms with Gasteiger partial charge in [0.1, 0.15) is 16.9 Å². The smallest absolute Gasteiger partial charge is 0.292 e. The number of hydrogen-bond acceptors (Lipinski definition) is 7. The fraction of sp³-hybridized carbons (Fsp3) is 0.115. The molecule has 0 aliphatic rings. The number of nitrogens with zero attached hydrogens (tertiary/aromatic N) is 2. The number of aromatic nitrogens is 1. The Balaban J connectivity index is 1.63. The second-order valence-electron chi connectivity index (χ2n) is 7.65. The molecule has 170 valence electrons. The number of benzene rings is 3. The molecule has 0 saturated carbocycles. The lowest BCUT2D eigenvalue weighted by Gasteiger charge is -2.09. The number of rotatable bonds is 6. The number of fused-ring (bicyclic) bond motifs is 2. The van der Waals surface area contributed by atoms with Crippen molar-refractivity contribution in [2.24, 2.45) is 4.99 Å². The van der Waals surface area contributed by atoms with Gasteiger partial charge < -0.3 is 24.6 Å². The molecular formula is C26H22N4O4. The van der Waals surface area contributed by atoms with Crippen LogP contribution in [0.15, 0.2) is 86.6 Å². The lowest BCUT2D eigenvalue weighted by atomic mass is 10.1. The lowest BCUT2D eigenvalue weighted by molar-refractivity contribution is -0.117. The van der Waals surface area contributed by atoms with E-state index in [1.807, 2.05) is 72.8 Å². The highest BCUT2D eigenvalue weighted by atomic mass is 16.5. The van der Waals surface area contributed by atoms with E-state index >= 15 is 0 Å². The monoisotopic (exact) mass is 454 g/mol. The molecule has 5 rings (SSSR count). The third kappa shape index (κ3) is 4.39. The number of nitrogen functional groups attached to an aromatic ring is 1. The molecule has 8 nitrogen and oxygen atoms in total. The first kappa shape index (κ1) is 21.4. The number of amides is 1. The minimum Gasteiger partial charge on any atom is -0.456 e. The van der Waals surface area contributed by atoms with Gasteiger partial charge in [-0.25, -0.2) is 4.99 Å². The van der Waals surface area contributed by atoms with Crippen molar-refractivity contribution in [2.75, 3.05) is 24.8 Å². The highest BCUT2D eigenvalue weighted by molar-refractivity contribution is 5.93. The number of oxazole rings is 1. The van der Waals surface area contributed by atoms with Gasteiger partial charge in [-0.1, -0.05) is 24.3 Å². The summed E-state index contributed by atoms with van der Waals surface area (Å²) >= 11 is 0. The fourth-order valence-corrected chi connectivity index (χ4v) is 3.66. The fourth-order valence-electron chi connectivity index (χ4n) is 3.66. The molecule has 8 heteroatoms. The number of para-hydroxylation sites is 3. The Morgan fingerprint density at radius 3 is 2.74 bits per heavy atom. The first-order valence-electron chi connectivity index (χ1n) is 10.7. The maximum Gasteiger partial charge on any atom is 0.292 e. The van der Waals surface area contributed by atoms with Crippen LogP contribution in [0.1, 0.15) is 6.42 Å². The summed E-state index contributed by atoms with van der Waals surface area (Å²) in [5.41, 5.74) is 9.66. The predicted octanol–water partition coefficient (Wildman–Crippen LogP) is 5.03. The molecule has 1 amide bonds. The van der Waals surface area contributed by atoms with Crippen molar-refractivity contribution < 1.29 is 18.4 Å². The summed E-state index contributed by atoms with van der Waals surface area (Å²) in [5.74, 6) is 0.466. The van der Waals surface area contributed by atoms with E-state index in [2.05, 4.69) is 10.3 Å². The molecule has 0 radical (unpaired) electrons. The molecular weight excluding hydrogens is 432 g/mol. The zero-order chi connectivity index (χ0) is 23.5. The summed E-state index contributed by atoms with van der Waals surface area (Å²) in [6.07, 6.45) is 0.261. The van der Waals surface area contributed by atoms with Crippen molar-refractivity contribution in [1.82, 2.24) is 4.98 Å². The second-order valence-corrected chi connectivity index (χ2v) is 7.65. The van der Waals surface area contributed by atoms with Crippen molar-refractivity contribution in [3.05, 3.63) is 78.2 Å². The maximum atomic E-state index is 12.3. The van der Waals surface area contributed by atoms with Crippen LogP contribution in [0.5, 0.6) is 0 Å². The van der Waals surface area contributed by atoms with Crippen molar-refractivity contribution in [3.8, 4) is 11.3 Å². The van der Waals surface area contributed by atoms with Crippen molar-refractivity contribution in [1.29, 1.82) is 0 Å². The molecule has 0 bridgehead atoms. The summed E-state index contributed by atoms with van der Waals surface area (Å²) in [6, 6.07) is 22.6. The van der Waals surface area contributed by atoms with Gasteiger partial charge in [0.05, 0.1) is 29.8 Å². The molecule has 0 aliphatic carbocycles. The molecule has 0 spiro atoms. The first-order valence-corrected chi connectivity index (χ1v) is 10.7. The van der Waals surface area contributed by atoms with Gasteiger partial charge in [-0.15, -0.1) is 0 Å². The Labute approximate surface area is 194 Å². The van der Waals surface area contributed by atoms with E-state index in [-0.39, 0.29) is 18.3 Å². The van der Waals surface area contributed by atoms with Gasteiger partial charge in [0, 0.05) is 24.1 Å².